The lowest BCUT2D eigenvalue weighted by atomic mass is 10.2. The van der Waals surface area contributed by atoms with Gasteiger partial charge >= 0.3 is 0 Å². The fourth-order valence-electron chi connectivity index (χ4n) is 3.12. The summed E-state index contributed by atoms with van der Waals surface area (Å²) in [5.74, 6) is 0. The number of thiocarbonyl (C=S) groups is 1. The second-order valence-electron chi connectivity index (χ2n) is 6.21. The Morgan fingerprint density at radius 1 is 1.30 bits per heavy atom. The number of rotatable bonds is 4. The second-order valence-corrected chi connectivity index (χ2v) is 7.04. The van der Waals surface area contributed by atoms with Gasteiger partial charge in [0, 0.05) is 50.9 Å². The van der Waals surface area contributed by atoms with Gasteiger partial charge in [0.1, 0.15) is 0 Å². The first kappa shape index (κ1) is 17.0. The fraction of sp³-hybridized carbons (Fsp3) is 0.588. The molecule has 0 radical (unpaired) electrons. The molecule has 0 bridgehead atoms. The van der Waals surface area contributed by atoms with Crippen molar-refractivity contribution < 1.29 is 4.74 Å². The standard InChI is InChI=1S/C17H24ClN3OS/c18-15-4-1-3-14(11-15)13-20-6-8-21(9-7-20)17(23)19-12-16-5-2-10-22-16/h1,3-4,11,16H,2,5-10,12-13H2,(H,19,23)/t16-/m1/s1. The van der Waals surface area contributed by atoms with Crippen LogP contribution in [0.3, 0.4) is 0 Å². The summed E-state index contributed by atoms with van der Waals surface area (Å²) in [7, 11) is 0. The lowest BCUT2D eigenvalue weighted by molar-refractivity contribution is 0.112. The summed E-state index contributed by atoms with van der Waals surface area (Å²) in [6.45, 7) is 6.66. The van der Waals surface area contributed by atoms with Crippen LogP contribution in [-0.4, -0.2) is 60.3 Å². The van der Waals surface area contributed by atoms with Gasteiger partial charge in [0.15, 0.2) is 5.11 Å². The van der Waals surface area contributed by atoms with E-state index in [2.05, 4.69) is 21.2 Å². The summed E-state index contributed by atoms with van der Waals surface area (Å²) in [4.78, 5) is 4.71. The van der Waals surface area contributed by atoms with Crippen molar-refractivity contribution in [2.75, 3.05) is 39.3 Å². The Hall–Kier alpha value is -0.880. The van der Waals surface area contributed by atoms with Crippen LogP contribution in [0.25, 0.3) is 0 Å². The number of ether oxygens (including phenoxy) is 1. The summed E-state index contributed by atoms with van der Waals surface area (Å²) in [5, 5.41) is 5.03. The quantitative estimate of drug-likeness (QED) is 0.840. The fourth-order valence-corrected chi connectivity index (χ4v) is 3.60. The SMILES string of the molecule is S=C(NC[C@H]1CCCO1)N1CCN(Cc2cccc(Cl)c2)CC1. The lowest BCUT2D eigenvalue weighted by Crippen LogP contribution is -2.52. The number of benzene rings is 1. The molecule has 0 saturated carbocycles. The predicted octanol–water partition coefficient (Wildman–Crippen LogP) is 2.51. The Bertz CT molecular complexity index is 528. The van der Waals surface area contributed by atoms with E-state index in [-0.39, 0.29) is 0 Å². The van der Waals surface area contributed by atoms with Crippen molar-refractivity contribution in [1.29, 1.82) is 0 Å². The normalized spacial score (nSPS) is 22.3. The van der Waals surface area contributed by atoms with E-state index in [1.54, 1.807) is 0 Å². The van der Waals surface area contributed by atoms with Crippen LogP contribution in [-0.2, 0) is 11.3 Å². The summed E-state index contributed by atoms with van der Waals surface area (Å²) >= 11 is 11.6. The van der Waals surface area contributed by atoms with Gasteiger partial charge in [-0.2, -0.15) is 0 Å². The monoisotopic (exact) mass is 353 g/mol. The first-order valence-electron chi connectivity index (χ1n) is 8.32. The van der Waals surface area contributed by atoms with E-state index >= 15 is 0 Å². The summed E-state index contributed by atoms with van der Waals surface area (Å²) in [5.41, 5.74) is 1.27. The molecule has 3 rings (SSSR count). The molecule has 2 aliphatic heterocycles. The molecule has 0 unspecified atom stereocenters. The van der Waals surface area contributed by atoms with Gasteiger partial charge in [-0.05, 0) is 42.8 Å². The van der Waals surface area contributed by atoms with Crippen LogP contribution in [0.2, 0.25) is 5.02 Å². The van der Waals surface area contributed by atoms with Crippen LogP contribution < -0.4 is 5.32 Å². The van der Waals surface area contributed by atoms with Crippen LogP contribution in [0, 0.1) is 0 Å². The number of hydrogen-bond donors (Lipinski definition) is 1. The van der Waals surface area contributed by atoms with Crippen LogP contribution in [0.1, 0.15) is 18.4 Å². The highest BCUT2D eigenvalue weighted by molar-refractivity contribution is 7.80. The summed E-state index contributed by atoms with van der Waals surface area (Å²) in [6.07, 6.45) is 2.64. The molecule has 0 aliphatic carbocycles. The molecule has 126 valence electrons. The third-order valence-electron chi connectivity index (χ3n) is 4.46. The molecule has 1 aromatic carbocycles. The van der Waals surface area contributed by atoms with Gasteiger partial charge in [-0.15, -0.1) is 0 Å². The van der Waals surface area contributed by atoms with E-state index in [1.165, 1.54) is 12.0 Å². The molecule has 4 nitrogen and oxygen atoms in total. The van der Waals surface area contributed by atoms with Gasteiger partial charge < -0.3 is 15.0 Å². The first-order valence-corrected chi connectivity index (χ1v) is 9.10. The number of nitrogens with one attached hydrogen (secondary N) is 1. The maximum Gasteiger partial charge on any atom is 0.169 e. The summed E-state index contributed by atoms with van der Waals surface area (Å²) in [6, 6.07) is 8.10. The zero-order valence-electron chi connectivity index (χ0n) is 13.3. The van der Waals surface area contributed by atoms with E-state index in [0.717, 1.165) is 62.4 Å². The third-order valence-corrected chi connectivity index (χ3v) is 5.10. The zero-order valence-corrected chi connectivity index (χ0v) is 14.9. The van der Waals surface area contributed by atoms with Crippen LogP contribution in [0.15, 0.2) is 24.3 Å². The third kappa shape index (κ3) is 5.05. The Kier molecular flexibility index (Phi) is 6.11. The number of hydrogen-bond acceptors (Lipinski definition) is 3. The van der Waals surface area contributed by atoms with Crippen molar-refractivity contribution in [2.24, 2.45) is 0 Å². The maximum atomic E-state index is 6.05. The molecule has 6 heteroatoms. The van der Waals surface area contributed by atoms with Gasteiger partial charge in [-0.3, -0.25) is 4.90 Å². The Labute approximate surface area is 148 Å². The average molecular weight is 354 g/mol. The molecule has 0 spiro atoms. The zero-order chi connectivity index (χ0) is 16.1. The van der Waals surface area contributed by atoms with E-state index in [4.69, 9.17) is 28.6 Å². The van der Waals surface area contributed by atoms with Gasteiger partial charge in [0.2, 0.25) is 0 Å². The van der Waals surface area contributed by atoms with Crippen molar-refractivity contribution in [3.05, 3.63) is 34.9 Å². The second kappa shape index (κ2) is 8.29. The largest absolute Gasteiger partial charge is 0.376 e. The lowest BCUT2D eigenvalue weighted by Gasteiger charge is -2.36. The molecular formula is C17H24ClN3OS. The van der Waals surface area contributed by atoms with E-state index in [9.17, 15) is 0 Å². The Balaban J connectivity index is 1.40. The average Bonchev–Trinajstić information content (AvgIpc) is 3.07. The molecular weight excluding hydrogens is 330 g/mol. The highest BCUT2D eigenvalue weighted by Gasteiger charge is 2.21. The van der Waals surface area contributed by atoms with Crippen molar-refractivity contribution in [3.63, 3.8) is 0 Å². The maximum absolute atomic E-state index is 6.05. The molecule has 2 saturated heterocycles. The van der Waals surface area contributed by atoms with Crippen LogP contribution in [0.5, 0.6) is 0 Å². The van der Waals surface area contributed by atoms with Crippen molar-refractivity contribution >= 4 is 28.9 Å². The van der Waals surface area contributed by atoms with E-state index in [0.29, 0.717) is 6.10 Å². The molecule has 23 heavy (non-hydrogen) atoms. The number of nitrogens with zero attached hydrogens (tertiary/aromatic N) is 2. The van der Waals surface area contributed by atoms with Gasteiger partial charge in [-0.1, -0.05) is 23.7 Å². The molecule has 1 aromatic rings. The highest BCUT2D eigenvalue weighted by Crippen LogP contribution is 2.14. The Morgan fingerprint density at radius 3 is 2.83 bits per heavy atom. The minimum absolute atomic E-state index is 0.331. The summed E-state index contributed by atoms with van der Waals surface area (Å²) < 4.78 is 5.62. The molecule has 0 amide bonds. The molecule has 1 atom stereocenters. The van der Waals surface area contributed by atoms with E-state index < -0.39 is 0 Å². The smallest absolute Gasteiger partial charge is 0.169 e. The van der Waals surface area contributed by atoms with Gasteiger partial charge in [-0.25, -0.2) is 0 Å². The molecule has 1 N–H and O–H groups in total. The van der Waals surface area contributed by atoms with Gasteiger partial charge in [0.25, 0.3) is 0 Å². The molecule has 2 aliphatic rings. The first-order chi connectivity index (χ1) is 11.2. The van der Waals surface area contributed by atoms with Crippen LogP contribution >= 0.6 is 23.8 Å². The minimum Gasteiger partial charge on any atom is -0.376 e. The minimum atomic E-state index is 0.331. The highest BCUT2D eigenvalue weighted by atomic mass is 35.5. The van der Waals surface area contributed by atoms with Crippen molar-refractivity contribution in [2.45, 2.75) is 25.5 Å². The number of halogens is 1. The Morgan fingerprint density at radius 2 is 2.13 bits per heavy atom. The topological polar surface area (TPSA) is 27.7 Å². The molecule has 0 aromatic heterocycles. The van der Waals surface area contributed by atoms with Crippen molar-refractivity contribution in [3.8, 4) is 0 Å². The van der Waals surface area contributed by atoms with Gasteiger partial charge in [0.05, 0.1) is 6.10 Å². The number of piperazine rings is 1. The van der Waals surface area contributed by atoms with Crippen molar-refractivity contribution in [1.82, 2.24) is 15.1 Å². The molecule has 2 fully saturated rings. The molecule has 2 heterocycles. The predicted molar refractivity (Wildman–Crippen MR) is 97.9 cm³/mol. The van der Waals surface area contributed by atoms with E-state index in [1.807, 2.05) is 18.2 Å². The van der Waals surface area contributed by atoms with Crippen LogP contribution in [0.4, 0.5) is 0 Å².